The third kappa shape index (κ3) is 4.75. The summed E-state index contributed by atoms with van der Waals surface area (Å²) in [5, 5.41) is 12.7. The van der Waals surface area contributed by atoms with Crippen LogP contribution in [0, 0.1) is 13.8 Å². The predicted molar refractivity (Wildman–Crippen MR) is 119 cm³/mol. The maximum Gasteiger partial charge on any atom is 0.433 e. The number of carbonyl (C=O) groups is 2. The maximum atomic E-state index is 13.5. The summed E-state index contributed by atoms with van der Waals surface area (Å²) in [7, 11) is 0. The Morgan fingerprint density at radius 3 is 1.81 bits per heavy atom. The summed E-state index contributed by atoms with van der Waals surface area (Å²) in [6.45, 7) is 5.66. The van der Waals surface area contributed by atoms with E-state index in [1.54, 1.807) is 61.5 Å². The number of rotatable bonds is 5. The highest BCUT2D eigenvalue weighted by Gasteiger charge is 2.41. The molecule has 0 saturated carbocycles. The number of amides is 2. The number of carbonyl (C=O) groups excluding carboxylic acids is 2. The zero-order valence-corrected chi connectivity index (χ0v) is 17.8. The monoisotopic (exact) mass is 418 g/mol. The van der Waals surface area contributed by atoms with Crippen molar-refractivity contribution in [3.8, 4) is 0 Å². The van der Waals surface area contributed by atoms with E-state index in [9.17, 15) is 14.7 Å². The van der Waals surface area contributed by atoms with Crippen LogP contribution < -0.4 is 10.4 Å². The first-order valence-corrected chi connectivity index (χ1v) is 10.1. The Bertz CT molecular complexity index is 986. The highest BCUT2D eigenvalue weighted by Crippen LogP contribution is 2.31. The number of nitrogens with one attached hydrogen (secondary N) is 1. The van der Waals surface area contributed by atoms with E-state index >= 15 is 0 Å². The van der Waals surface area contributed by atoms with Crippen molar-refractivity contribution in [2.45, 2.75) is 26.4 Å². The van der Waals surface area contributed by atoms with Crippen molar-refractivity contribution in [1.29, 1.82) is 0 Å². The van der Waals surface area contributed by atoms with Crippen LogP contribution in [0.25, 0.3) is 0 Å². The minimum Gasteiger partial charge on any atom is -0.448 e. The smallest absolute Gasteiger partial charge is 0.433 e. The Morgan fingerprint density at radius 1 is 0.871 bits per heavy atom. The molecule has 0 aliphatic heterocycles. The number of benzene rings is 3. The summed E-state index contributed by atoms with van der Waals surface area (Å²) >= 11 is 0. The Hall–Kier alpha value is -3.64. The van der Waals surface area contributed by atoms with Gasteiger partial charge in [-0.2, -0.15) is 5.01 Å². The highest BCUT2D eigenvalue weighted by molar-refractivity contribution is 5.97. The number of anilines is 1. The van der Waals surface area contributed by atoms with Gasteiger partial charge in [0.15, 0.2) is 5.60 Å². The third-order valence-electron chi connectivity index (χ3n) is 4.95. The molecule has 0 unspecified atom stereocenters. The van der Waals surface area contributed by atoms with Crippen molar-refractivity contribution in [1.82, 2.24) is 5.43 Å². The first kappa shape index (κ1) is 22.1. The van der Waals surface area contributed by atoms with E-state index in [1.165, 1.54) is 0 Å². The van der Waals surface area contributed by atoms with Crippen molar-refractivity contribution in [3.63, 3.8) is 0 Å². The van der Waals surface area contributed by atoms with Gasteiger partial charge in [-0.15, -0.1) is 0 Å². The molecule has 0 bridgehead atoms. The average Bonchev–Trinajstić information content (AvgIpc) is 2.78. The molecule has 0 radical (unpaired) electrons. The third-order valence-corrected chi connectivity index (χ3v) is 4.95. The molecule has 0 atom stereocenters. The van der Waals surface area contributed by atoms with Crippen LogP contribution in [0.4, 0.5) is 10.5 Å². The largest absolute Gasteiger partial charge is 0.448 e. The molecule has 160 valence electrons. The fourth-order valence-corrected chi connectivity index (χ4v) is 3.18. The SMILES string of the molecule is CCOC(=O)N(NC(=O)C(O)(c1ccc(C)cc1)c1ccc(C)cc1)c1ccccc1. The molecule has 0 aliphatic carbocycles. The minimum atomic E-state index is -2.03. The Morgan fingerprint density at radius 2 is 1.35 bits per heavy atom. The molecule has 0 aromatic heterocycles. The molecular formula is C25H26N2O4. The van der Waals surface area contributed by atoms with Gasteiger partial charge in [0.1, 0.15) is 0 Å². The van der Waals surface area contributed by atoms with Crippen LogP contribution in [-0.2, 0) is 15.1 Å². The molecule has 0 heterocycles. The Balaban J connectivity index is 2.05. The quantitative estimate of drug-likeness (QED) is 0.608. The van der Waals surface area contributed by atoms with Gasteiger partial charge in [-0.25, -0.2) is 4.79 Å². The van der Waals surface area contributed by atoms with Gasteiger partial charge in [0.25, 0.3) is 5.91 Å². The average molecular weight is 418 g/mol. The second-order valence-corrected chi connectivity index (χ2v) is 7.25. The van der Waals surface area contributed by atoms with Crippen LogP contribution in [0.2, 0.25) is 0 Å². The second kappa shape index (κ2) is 9.45. The molecule has 3 aromatic rings. The first-order valence-electron chi connectivity index (χ1n) is 10.1. The van der Waals surface area contributed by atoms with Gasteiger partial charge in [0.2, 0.25) is 0 Å². The van der Waals surface area contributed by atoms with Gasteiger partial charge in [-0.3, -0.25) is 10.2 Å². The lowest BCUT2D eigenvalue weighted by Crippen LogP contribution is -2.54. The van der Waals surface area contributed by atoms with E-state index in [0.717, 1.165) is 16.1 Å². The predicted octanol–water partition coefficient (Wildman–Crippen LogP) is 4.23. The Kier molecular flexibility index (Phi) is 6.72. The molecule has 3 aromatic carbocycles. The molecule has 0 fully saturated rings. The van der Waals surface area contributed by atoms with E-state index in [2.05, 4.69) is 5.43 Å². The van der Waals surface area contributed by atoms with Crippen LogP contribution in [0.3, 0.4) is 0 Å². The fourth-order valence-electron chi connectivity index (χ4n) is 3.18. The Labute approximate surface area is 182 Å². The summed E-state index contributed by atoms with van der Waals surface area (Å²) in [5.74, 6) is -0.780. The first-order chi connectivity index (χ1) is 14.9. The lowest BCUT2D eigenvalue weighted by Gasteiger charge is -2.31. The highest BCUT2D eigenvalue weighted by atomic mass is 16.6. The zero-order chi connectivity index (χ0) is 22.4. The topological polar surface area (TPSA) is 78.9 Å². The number of aryl methyl sites for hydroxylation is 2. The molecule has 31 heavy (non-hydrogen) atoms. The van der Waals surface area contributed by atoms with E-state index < -0.39 is 17.6 Å². The molecule has 3 rings (SSSR count). The van der Waals surface area contributed by atoms with Crippen molar-refractivity contribution < 1.29 is 19.4 Å². The maximum absolute atomic E-state index is 13.5. The van der Waals surface area contributed by atoms with Gasteiger partial charge in [-0.1, -0.05) is 77.9 Å². The van der Waals surface area contributed by atoms with Crippen LogP contribution in [0.5, 0.6) is 0 Å². The summed E-state index contributed by atoms with van der Waals surface area (Å²) in [5.41, 5.74) is 3.69. The summed E-state index contributed by atoms with van der Waals surface area (Å²) < 4.78 is 5.11. The van der Waals surface area contributed by atoms with Crippen LogP contribution >= 0.6 is 0 Å². The molecule has 2 amide bonds. The standard InChI is InChI=1S/C25H26N2O4/c1-4-31-24(29)27(22-8-6-5-7-9-22)26-23(28)25(30,20-14-10-18(2)11-15-20)21-16-12-19(3)13-17-21/h5-17,30H,4H2,1-3H3,(H,26,28). The summed E-state index contributed by atoms with van der Waals surface area (Å²) in [6.07, 6.45) is -0.753. The lowest BCUT2D eigenvalue weighted by molar-refractivity contribution is -0.136. The molecule has 6 nitrogen and oxygen atoms in total. The van der Waals surface area contributed by atoms with Crippen molar-refractivity contribution in [3.05, 3.63) is 101 Å². The van der Waals surface area contributed by atoms with Gasteiger partial charge in [0.05, 0.1) is 12.3 Å². The fraction of sp³-hybridized carbons (Fsp3) is 0.200. The number of hydrazine groups is 1. The van der Waals surface area contributed by atoms with Gasteiger partial charge in [0, 0.05) is 0 Å². The van der Waals surface area contributed by atoms with Gasteiger partial charge < -0.3 is 9.84 Å². The van der Waals surface area contributed by atoms with Gasteiger partial charge >= 0.3 is 6.09 Å². The van der Waals surface area contributed by atoms with E-state index in [1.807, 2.05) is 38.1 Å². The number of hydrogen-bond acceptors (Lipinski definition) is 4. The van der Waals surface area contributed by atoms with Crippen LogP contribution in [0.1, 0.15) is 29.2 Å². The molecule has 2 N–H and O–H groups in total. The normalized spacial score (nSPS) is 11.0. The lowest BCUT2D eigenvalue weighted by atomic mass is 9.85. The summed E-state index contributed by atoms with van der Waals surface area (Å²) in [4.78, 5) is 26.1. The number of para-hydroxylation sites is 1. The van der Waals surface area contributed by atoms with Crippen molar-refractivity contribution in [2.75, 3.05) is 11.6 Å². The molecular weight excluding hydrogens is 392 g/mol. The van der Waals surface area contributed by atoms with Crippen molar-refractivity contribution in [2.24, 2.45) is 0 Å². The van der Waals surface area contributed by atoms with E-state index in [4.69, 9.17) is 4.74 Å². The summed E-state index contributed by atoms with van der Waals surface area (Å²) in [6, 6.07) is 22.7. The number of hydrogen-bond donors (Lipinski definition) is 2. The molecule has 0 aliphatic rings. The number of aliphatic hydroxyl groups is 1. The zero-order valence-electron chi connectivity index (χ0n) is 17.8. The van der Waals surface area contributed by atoms with Gasteiger partial charge in [-0.05, 0) is 44.0 Å². The molecule has 6 heteroatoms. The van der Waals surface area contributed by atoms with E-state index in [0.29, 0.717) is 16.8 Å². The van der Waals surface area contributed by atoms with Crippen LogP contribution in [0.15, 0.2) is 78.9 Å². The number of nitrogens with zero attached hydrogens (tertiary/aromatic N) is 1. The minimum absolute atomic E-state index is 0.137. The van der Waals surface area contributed by atoms with Crippen LogP contribution in [-0.4, -0.2) is 23.7 Å². The molecule has 0 spiro atoms. The number of ether oxygens (including phenoxy) is 1. The molecule has 0 saturated heterocycles. The van der Waals surface area contributed by atoms with E-state index in [-0.39, 0.29) is 6.61 Å². The second-order valence-electron chi connectivity index (χ2n) is 7.25. The van der Waals surface area contributed by atoms with Crippen molar-refractivity contribution >= 4 is 17.7 Å².